The van der Waals surface area contributed by atoms with Crippen LogP contribution in [0, 0.1) is 5.92 Å². The number of carbonyl (C=O) groups excluding carboxylic acids is 2. The third-order valence-corrected chi connectivity index (χ3v) is 8.13. The fraction of sp³-hybridized carbons (Fsp3) is 0.286. The molecule has 3 aromatic carbocycles. The van der Waals surface area contributed by atoms with E-state index in [2.05, 4.69) is 5.32 Å². The number of halogens is 2. The van der Waals surface area contributed by atoms with Crippen molar-refractivity contribution in [1.29, 1.82) is 0 Å². The number of nitrogens with one attached hydrogen (secondary N) is 1. The van der Waals surface area contributed by atoms with Crippen molar-refractivity contribution >= 4 is 50.7 Å². The first-order chi connectivity index (χ1) is 18.0. The van der Waals surface area contributed by atoms with Crippen LogP contribution >= 0.6 is 23.2 Å². The lowest BCUT2D eigenvalue weighted by Crippen LogP contribution is -2.51. The number of carbonyl (C=O) groups is 2. The number of rotatable bonds is 11. The SMILES string of the molecule is CC(C)CNC(=O)[C@H](C)N(Cc1ccc(Cl)cc1)C(=O)CN(c1ccc(Cl)cc1)S(=O)(=O)c1ccccc1. The molecule has 0 fully saturated rings. The van der Waals surface area contributed by atoms with Crippen molar-refractivity contribution in [2.45, 2.75) is 38.3 Å². The third kappa shape index (κ3) is 7.72. The van der Waals surface area contributed by atoms with Gasteiger partial charge in [0, 0.05) is 23.1 Å². The van der Waals surface area contributed by atoms with Gasteiger partial charge < -0.3 is 10.2 Å². The van der Waals surface area contributed by atoms with Gasteiger partial charge in [0.2, 0.25) is 11.8 Å². The van der Waals surface area contributed by atoms with Gasteiger partial charge in [-0.2, -0.15) is 0 Å². The molecule has 10 heteroatoms. The van der Waals surface area contributed by atoms with Gasteiger partial charge in [0.25, 0.3) is 10.0 Å². The van der Waals surface area contributed by atoms with E-state index < -0.39 is 28.5 Å². The third-order valence-electron chi connectivity index (χ3n) is 5.84. The number of benzene rings is 3. The highest BCUT2D eigenvalue weighted by molar-refractivity contribution is 7.92. The molecule has 0 aliphatic carbocycles. The molecule has 202 valence electrons. The maximum Gasteiger partial charge on any atom is 0.264 e. The molecule has 0 radical (unpaired) electrons. The molecule has 38 heavy (non-hydrogen) atoms. The predicted molar refractivity (Wildman–Crippen MR) is 152 cm³/mol. The highest BCUT2D eigenvalue weighted by atomic mass is 35.5. The zero-order chi connectivity index (χ0) is 27.9. The van der Waals surface area contributed by atoms with E-state index in [1.54, 1.807) is 73.7 Å². The molecule has 0 saturated carbocycles. The van der Waals surface area contributed by atoms with Gasteiger partial charge in [0.1, 0.15) is 12.6 Å². The number of amides is 2. The zero-order valence-corrected chi connectivity index (χ0v) is 23.8. The highest BCUT2D eigenvalue weighted by Crippen LogP contribution is 2.26. The smallest absolute Gasteiger partial charge is 0.264 e. The minimum atomic E-state index is -4.12. The Morgan fingerprint density at radius 1 is 0.842 bits per heavy atom. The van der Waals surface area contributed by atoms with Gasteiger partial charge in [0.15, 0.2) is 0 Å². The van der Waals surface area contributed by atoms with Crippen LogP contribution in [0.2, 0.25) is 10.0 Å². The van der Waals surface area contributed by atoms with Crippen molar-refractivity contribution in [3.05, 3.63) is 94.5 Å². The van der Waals surface area contributed by atoms with Gasteiger partial charge in [-0.3, -0.25) is 13.9 Å². The van der Waals surface area contributed by atoms with Gasteiger partial charge in [0.05, 0.1) is 10.6 Å². The van der Waals surface area contributed by atoms with E-state index in [9.17, 15) is 18.0 Å². The molecule has 0 aliphatic rings. The minimum absolute atomic E-state index is 0.0368. The minimum Gasteiger partial charge on any atom is -0.354 e. The second-order valence-electron chi connectivity index (χ2n) is 9.26. The quantitative estimate of drug-likeness (QED) is 0.332. The van der Waals surface area contributed by atoms with Crippen molar-refractivity contribution in [3.8, 4) is 0 Å². The van der Waals surface area contributed by atoms with Gasteiger partial charge in [-0.15, -0.1) is 0 Å². The Bertz CT molecular complexity index is 1330. The van der Waals surface area contributed by atoms with E-state index in [1.165, 1.54) is 17.0 Å². The summed E-state index contributed by atoms with van der Waals surface area (Å²) < 4.78 is 28.4. The molecule has 1 atom stereocenters. The van der Waals surface area contributed by atoms with Crippen molar-refractivity contribution in [1.82, 2.24) is 10.2 Å². The first-order valence-electron chi connectivity index (χ1n) is 12.1. The molecular weight excluding hydrogens is 545 g/mol. The van der Waals surface area contributed by atoms with Crippen molar-refractivity contribution in [3.63, 3.8) is 0 Å². The molecule has 0 unspecified atom stereocenters. The Morgan fingerprint density at radius 3 is 1.95 bits per heavy atom. The van der Waals surface area contributed by atoms with Crippen LogP contribution in [0.3, 0.4) is 0 Å². The van der Waals surface area contributed by atoms with Gasteiger partial charge >= 0.3 is 0 Å². The standard InChI is InChI=1S/C28H31Cl2N3O4S/c1-20(2)17-31-28(35)21(3)32(18-22-9-11-23(29)12-10-22)27(34)19-33(25-15-13-24(30)14-16-25)38(36,37)26-7-5-4-6-8-26/h4-16,20-21H,17-19H2,1-3H3,(H,31,35)/t21-/m0/s1. The fourth-order valence-electron chi connectivity index (χ4n) is 3.68. The Labute approximate surface area is 234 Å². The molecule has 0 bridgehead atoms. The van der Waals surface area contributed by atoms with Gasteiger partial charge in [-0.05, 0) is 66.9 Å². The number of anilines is 1. The van der Waals surface area contributed by atoms with Crippen LogP contribution in [-0.2, 0) is 26.2 Å². The van der Waals surface area contributed by atoms with E-state index >= 15 is 0 Å². The van der Waals surface area contributed by atoms with E-state index in [4.69, 9.17) is 23.2 Å². The largest absolute Gasteiger partial charge is 0.354 e. The molecule has 7 nitrogen and oxygen atoms in total. The second-order valence-corrected chi connectivity index (χ2v) is 12.0. The number of sulfonamides is 1. The van der Waals surface area contributed by atoms with Crippen LogP contribution < -0.4 is 9.62 Å². The van der Waals surface area contributed by atoms with Crippen LogP contribution in [0.25, 0.3) is 0 Å². The van der Waals surface area contributed by atoms with Crippen LogP contribution in [-0.4, -0.2) is 44.3 Å². The Balaban J connectivity index is 1.98. The summed E-state index contributed by atoms with van der Waals surface area (Å²) in [6.07, 6.45) is 0. The summed E-state index contributed by atoms with van der Waals surface area (Å²) in [6, 6.07) is 20.1. The van der Waals surface area contributed by atoms with Gasteiger partial charge in [-0.25, -0.2) is 8.42 Å². The summed E-state index contributed by atoms with van der Waals surface area (Å²) >= 11 is 12.1. The normalized spacial score (nSPS) is 12.2. The lowest BCUT2D eigenvalue weighted by molar-refractivity contribution is -0.139. The molecule has 0 aliphatic heterocycles. The second kappa shape index (κ2) is 13.1. The molecule has 0 aromatic heterocycles. The summed E-state index contributed by atoms with van der Waals surface area (Å²) in [6.45, 7) is 5.59. The number of hydrogen-bond acceptors (Lipinski definition) is 4. The molecule has 0 spiro atoms. The van der Waals surface area contributed by atoms with Crippen molar-refractivity contribution < 1.29 is 18.0 Å². The van der Waals surface area contributed by atoms with E-state index in [1.807, 2.05) is 13.8 Å². The predicted octanol–water partition coefficient (Wildman–Crippen LogP) is 5.38. The molecule has 2 amide bonds. The lowest BCUT2D eigenvalue weighted by Gasteiger charge is -2.32. The van der Waals surface area contributed by atoms with Crippen LogP contribution in [0.15, 0.2) is 83.8 Å². The van der Waals surface area contributed by atoms with E-state index in [-0.39, 0.29) is 29.0 Å². The summed E-state index contributed by atoms with van der Waals surface area (Å²) in [5.41, 5.74) is 1.02. The number of hydrogen-bond donors (Lipinski definition) is 1. The zero-order valence-electron chi connectivity index (χ0n) is 21.5. The van der Waals surface area contributed by atoms with E-state index in [0.29, 0.717) is 16.6 Å². The van der Waals surface area contributed by atoms with E-state index in [0.717, 1.165) is 9.87 Å². The highest BCUT2D eigenvalue weighted by Gasteiger charge is 2.32. The average molecular weight is 577 g/mol. The monoisotopic (exact) mass is 575 g/mol. The Hall–Kier alpha value is -3.07. The van der Waals surface area contributed by atoms with Gasteiger partial charge in [-0.1, -0.05) is 67.4 Å². The molecule has 1 N–H and O–H groups in total. The van der Waals surface area contributed by atoms with Crippen molar-refractivity contribution in [2.75, 3.05) is 17.4 Å². The maximum absolute atomic E-state index is 13.8. The molecule has 0 saturated heterocycles. The topological polar surface area (TPSA) is 86.8 Å². The fourth-order valence-corrected chi connectivity index (χ4v) is 5.36. The summed E-state index contributed by atoms with van der Waals surface area (Å²) in [4.78, 5) is 28.2. The summed E-state index contributed by atoms with van der Waals surface area (Å²) in [5, 5.41) is 3.83. The molecular formula is C28H31Cl2N3O4S. The first-order valence-corrected chi connectivity index (χ1v) is 14.3. The summed E-state index contributed by atoms with van der Waals surface area (Å²) in [5.74, 6) is -0.644. The maximum atomic E-state index is 13.8. The van der Waals surface area contributed by atoms with Crippen LogP contribution in [0.5, 0.6) is 0 Å². The molecule has 3 rings (SSSR count). The van der Waals surface area contributed by atoms with Crippen LogP contribution in [0.1, 0.15) is 26.3 Å². The first kappa shape index (κ1) is 29.5. The average Bonchev–Trinajstić information content (AvgIpc) is 2.90. The molecule has 0 heterocycles. The Morgan fingerprint density at radius 2 is 1.39 bits per heavy atom. The molecule has 3 aromatic rings. The Kier molecular flexibility index (Phi) is 10.2. The van der Waals surface area contributed by atoms with Crippen molar-refractivity contribution in [2.24, 2.45) is 5.92 Å². The number of nitrogens with zero attached hydrogens (tertiary/aromatic N) is 2. The summed E-state index contributed by atoms with van der Waals surface area (Å²) in [7, 11) is -4.12. The van der Waals surface area contributed by atoms with Crippen LogP contribution in [0.4, 0.5) is 5.69 Å². The lowest BCUT2D eigenvalue weighted by atomic mass is 10.1.